The topological polar surface area (TPSA) is 43.1 Å². The molecule has 2 aromatic heterocycles. The van der Waals surface area contributed by atoms with Crippen LogP contribution in [0.4, 0.5) is 0 Å². The van der Waals surface area contributed by atoms with Crippen molar-refractivity contribution in [3.05, 3.63) is 38.8 Å². The Morgan fingerprint density at radius 3 is 3.00 bits per heavy atom. The molecule has 0 fully saturated rings. The summed E-state index contributed by atoms with van der Waals surface area (Å²) in [6.07, 6.45) is 1.60. The fraction of sp³-hybridized carbons (Fsp3) is 0.111. The third-order valence-corrected chi connectivity index (χ3v) is 2.11. The summed E-state index contributed by atoms with van der Waals surface area (Å²) in [5.41, 5.74) is 0.320. The van der Waals surface area contributed by atoms with Crippen LogP contribution in [-0.4, -0.2) is 4.98 Å². The van der Waals surface area contributed by atoms with E-state index in [0.717, 1.165) is 4.47 Å². The molecule has 2 rings (SSSR count). The number of halogens is 1. The van der Waals surface area contributed by atoms with Crippen molar-refractivity contribution in [1.29, 1.82) is 0 Å². The normalized spacial score (nSPS) is 10.6. The average molecular weight is 240 g/mol. The summed E-state index contributed by atoms with van der Waals surface area (Å²) in [5, 5.41) is 0.500. The molecule has 0 atom stereocenters. The van der Waals surface area contributed by atoms with Gasteiger partial charge in [0.05, 0.1) is 5.39 Å². The maximum absolute atomic E-state index is 11.4. The fourth-order valence-corrected chi connectivity index (χ4v) is 1.46. The summed E-state index contributed by atoms with van der Waals surface area (Å²) in [4.78, 5) is 15.4. The van der Waals surface area contributed by atoms with Crippen molar-refractivity contribution in [3.8, 4) is 0 Å². The molecule has 0 saturated heterocycles. The Morgan fingerprint density at radius 2 is 2.23 bits per heavy atom. The van der Waals surface area contributed by atoms with Gasteiger partial charge in [-0.05, 0) is 28.9 Å². The van der Waals surface area contributed by atoms with Crippen LogP contribution in [0.1, 0.15) is 5.76 Å². The van der Waals surface area contributed by atoms with Crippen LogP contribution in [0.3, 0.4) is 0 Å². The summed E-state index contributed by atoms with van der Waals surface area (Å²) in [7, 11) is 0. The Labute approximate surface area is 82.5 Å². The van der Waals surface area contributed by atoms with E-state index in [0.29, 0.717) is 16.9 Å². The molecule has 13 heavy (non-hydrogen) atoms. The smallest absolute Gasteiger partial charge is 0.230 e. The lowest BCUT2D eigenvalue weighted by molar-refractivity contribution is 0.553. The molecule has 0 saturated carbocycles. The lowest BCUT2D eigenvalue weighted by atomic mass is 10.3. The lowest BCUT2D eigenvalue weighted by Crippen LogP contribution is -2.01. The van der Waals surface area contributed by atoms with Crippen LogP contribution < -0.4 is 5.43 Å². The van der Waals surface area contributed by atoms with Gasteiger partial charge >= 0.3 is 0 Å². The average Bonchev–Trinajstić information content (AvgIpc) is 2.06. The first-order valence-corrected chi connectivity index (χ1v) is 4.52. The van der Waals surface area contributed by atoms with Crippen LogP contribution in [0.2, 0.25) is 0 Å². The molecular weight excluding hydrogens is 234 g/mol. The Hall–Kier alpha value is -1.16. The van der Waals surface area contributed by atoms with Crippen molar-refractivity contribution in [1.82, 2.24) is 4.98 Å². The van der Waals surface area contributed by atoms with E-state index in [-0.39, 0.29) is 5.43 Å². The minimum Gasteiger partial charge on any atom is -0.443 e. The summed E-state index contributed by atoms with van der Waals surface area (Å²) < 4.78 is 6.04. The van der Waals surface area contributed by atoms with E-state index in [2.05, 4.69) is 20.9 Å². The molecule has 0 aliphatic rings. The number of hydrogen-bond donors (Lipinski definition) is 0. The molecule has 0 amide bonds. The molecule has 3 nitrogen and oxygen atoms in total. The monoisotopic (exact) mass is 239 g/mol. The fourth-order valence-electron chi connectivity index (χ4n) is 1.13. The van der Waals surface area contributed by atoms with Gasteiger partial charge in [0.2, 0.25) is 5.71 Å². The van der Waals surface area contributed by atoms with Crippen molar-refractivity contribution in [2.75, 3.05) is 0 Å². The van der Waals surface area contributed by atoms with Gasteiger partial charge in [0, 0.05) is 16.7 Å². The maximum Gasteiger partial charge on any atom is 0.230 e. The van der Waals surface area contributed by atoms with Gasteiger partial charge in [-0.1, -0.05) is 0 Å². The van der Waals surface area contributed by atoms with E-state index in [1.54, 1.807) is 19.2 Å². The number of nitrogens with zero attached hydrogens (tertiary/aromatic N) is 1. The zero-order valence-corrected chi connectivity index (χ0v) is 8.46. The zero-order chi connectivity index (χ0) is 9.42. The Kier molecular flexibility index (Phi) is 1.92. The predicted molar refractivity (Wildman–Crippen MR) is 52.7 cm³/mol. The van der Waals surface area contributed by atoms with Gasteiger partial charge in [0.25, 0.3) is 0 Å². The van der Waals surface area contributed by atoms with Crippen LogP contribution in [0.25, 0.3) is 11.1 Å². The van der Waals surface area contributed by atoms with Crippen LogP contribution >= 0.6 is 15.9 Å². The third-order valence-electron chi connectivity index (χ3n) is 1.68. The van der Waals surface area contributed by atoms with Crippen molar-refractivity contribution >= 4 is 27.0 Å². The minimum absolute atomic E-state index is 0.0625. The number of hydrogen-bond acceptors (Lipinski definition) is 3. The molecular formula is C9H6BrNO2. The van der Waals surface area contributed by atoms with E-state index in [4.69, 9.17) is 4.42 Å². The summed E-state index contributed by atoms with van der Waals surface area (Å²) >= 11 is 3.24. The van der Waals surface area contributed by atoms with Crippen molar-refractivity contribution in [2.24, 2.45) is 0 Å². The highest BCUT2D eigenvalue weighted by molar-refractivity contribution is 9.10. The van der Waals surface area contributed by atoms with Crippen molar-refractivity contribution in [2.45, 2.75) is 6.92 Å². The number of aryl methyl sites for hydroxylation is 1. The van der Waals surface area contributed by atoms with E-state index >= 15 is 0 Å². The molecule has 0 spiro atoms. The molecule has 0 radical (unpaired) electrons. The van der Waals surface area contributed by atoms with Gasteiger partial charge in [0.1, 0.15) is 5.76 Å². The minimum atomic E-state index is -0.0625. The van der Waals surface area contributed by atoms with E-state index in [9.17, 15) is 4.79 Å². The second kappa shape index (κ2) is 2.96. The largest absolute Gasteiger partial charge is 0.443 e. The highest BCUT2D eigenvalue weighted by Gasteiger charge is 2.03. The second-order valence-electron chi connectivity index (χ2n) is 2.73. The van der Waals surface area contributed by atoms with E-state index < -0.39 is 0 Å². The highest BCUT2D eigenvalue weighted by Crippen LogP contribution is 2.14. The Balaban J connectivity index is 2.95. The SMILES string of the molecule is Cc1cc(=O)c2cc(Br)cnc2o1. The van der Waals surface area contributed by atoms with Crippen LogP contribution in [0, 0.1) is 6.92 Å². The maximum atomic E-state index is 11.4. The highest BCUT2D eigenvalue weighted by atomic mass is 79.9. The van der Waals surface area contributed by atoms with Crippen molar-refractivity contribution < 1.29 is 4.42 Å². The second-order valence-corrected chi connectivity index (χ2v) is 3.64. The Morgan fingerprint density at radius 1 is 1.46 bits per heavy atom. The first-order valence-electron chi connectivity index (χ1n) is 3.73. The van der Waals surface area contributed by atoms with Crippen LogP contribution in [-0.2, 0) is 0 Å². The zero-order valence-electron chi connectivity index (χ0n) is 6.87. The molecule has 2 aromatic rings. The molecule has 66 valence electrons. The first-order chi connectivity index (χ1) is 6.16. The number of pyridine rings is 1. The molecule has 0 bridgehead atoms. The molecule has 0 unspecified atom stereocenters. The first kappa shape index (κ1) is 8.44. The van der Waals surface area contributed by atoms with Gasteiger partial charge in [0.15, 0.2) is 5.43 Å². The summed E-state index contributed by atoms with van der Waals surface area (Å²) in [6, 6.07) is 3.16. The van der Waals surface area contributed by atoms with Gasteiger partial charge in [-0.25, -0.2) is 4.98 Å². The Bertz CT molecular complexity index is 518. The third kappa shape index (κ3) is 1.49. The standard InChI is InChI=1S/C9H6BrNO2/c1-5-2-8(12)7-3-6(10)4-11-9(7)13-5/h2-4H,1H3. The molecule has 0 N–H and O–H groups in total. The van der Waals surface area contributed by atoms with Crippen molar-refractivity contribution in [3.63, 3.8) is 0 Å². The lowest BCUT2D eigenvalue weighted by Gasteiger charge is -1.96. The summed E-state index contributed by atoms with van der Waals surface area (Å²) in [5.74, 6) is 0.576. The molecule has 0 aliphatic heterocycles. The molecule has 2 heterocycles. The van der Waals surface area contributed by atoms with Gasteiger partial charge < -0.3 is 4.42 Å². The molecule has 0 aliphatic carbocycles. The number of fused-ring (bicyclic) bond motifs is 1. The van der Waals surface area contributed by atoms with Gasteiger partial charge in [-0.3, -0.25) is 4.79 Å². The quantitative estimate of drug-likeness (QED) is 0.709. The van der Waals surface area contributed by atoms with E-state index in [1.165, 1.54) is 6.07 Å². The molecule has 0 aromatic carbocycles. The van der Waals surface area contributed by atoms with Crippen LogP contribution in [0.5, 0.6) is 0 Å². The number of aromatic nitrogens is 1. The molecule has 4 heteroatoms. The van der Waals surface area contributed by atoms with E-state index in [1.807, 2.05) is 0 Å². The van der Waals surface area contributed by atoms with Gasteiger partial charge in [-0.15, -0.1) is 0 Å². The summed E-state index contributed by atoms with van der Waals surface area (Å²) in [6.45, 7) is 1.73. The van der Waals surface area contributed by atoms with Crippen LogP contribution in [0.15, 0.2) is 32.0 Å². The predicted octanol–water partition coefficient (Wildman–Crippen LogP) is 2.26. The van der Waals surface area contributed by atoms with Gasteiger partial charge in [-0.2, -0.15) is 0 Å². The number of rotatable bonds is 0.